The number of hydrogen-bond donors (Lipinski definition) is 1. The van der Waals surface area contributed by atoms with Crippen LogP contribution in [-0.4, -0.2) is 13.1 Å². The number of nitrogens with one attached hydrogen (secondary N) is 1. The Balaban J connectivity index is 2.24. The van der Waals surface area contributed by atoms with Gasteiger partial charge in [-0.2, -0.15) is 0 Å². The highest BCUT2D eigenvalue weighted by atomic mass is 19.2. The minimum atomic E-state index is -0.773. The minimum Gasteiger partial charge on any atom is -0.313 e. The van der Waals surface area contributed by atoms with Crippen LogP contribution < -0.4 is 5.32 Å². The second-order valence-electron chi connectivity index (χ2n) is 5.48. The van der Waals surface area contributed by atoms with E-state index in [1.165, 1.54) is 24.8 Å². The van der Waals surface area contributed by atoms with Crippen molar-refractivity contribution < 1.29 is 8.78 Å². The summed E-state index contributed by atoms with van der Waals surface area (Å²) in [6.07, 6.45) is 7.93. The molecule has 0 saturated heterocycles. The van der Waals surface area contributed by atoms with Crippen LogP contribution in [0.15, 0.2) is 23.8 Å². The molecule has 0 spiro atoms. The number of rotatable bonds is 5. The van der Waals surface area contributed by atoms with Crippen LogP contribution in [0.3, 0.4) is 0 Å². The molecule has 1 N–H and O–H groups in total. The molecule has 0 amide bonds. The standard InChI is InChI=1S/C17H23F2N/c1-2-20-12-15(13-7-4-3-5-8-13)11-14-9-6-10-16(18)17(14)19/h6,9-11,13,20H,2-5,7-8,12H2,1H3/b15-11-. The second kappa shape index (κ2) is 7.53. The van der Waals surface area contributed by atoms with E-state index in [-0.39, 0.29) is 0 Å². The average molecular weight is 279 g/mol. The third-order valence-corrected chi connectivity index (χ3v) is 4.03. The van der Waals surface area contributed by atoms with Crippen molar-refractivity contribution in [2.45, 2.75) is 39.0 Å². The van der Waals surface area contributed by atoms with Crippen molar-refractivity contribution in [3.8, 4) is 0 Å². The number of hydrogen-bond acceptors (Lipinski definition) is 1. The Morgan fingerprint density at radius 1 is 1.25 bits per heavy atom. The highest BCUT2D eigenvalue weighted by Crippen LogP contribution is 2.31. The molecule has 0 atom stereocenters. The largest absolute Gasteiger partial charge is 0.313 e. The lowest BCUT2D eigenvalue weighted by Gasteiger charge is -2.25. The van der Waals surface area contributed by atoms with Crippen molar-refractivity contribution in [2.24, 2.45) is 5.92 Å². The van der Waals surface area contributed by atoms with Gasteiger partial charge in [-0.15, -0.1) is 0 Å². The average Bonchev–Trinajstić information content (AvgIpc) is 2.48. The zero-order valence-corrected chi connectivity index (χ0v) is 12.1. The monoisotopic (exact) mass is 279 g/mol. The molecule has 0 bridgehead atoms. The van der Waals surface area contributed by atoms with Gasteiger partial charge in [0.1, 0.15) is 0 Å². The highest BCUT2D eigenvalue weighted by molar-refractivity contribution is 5.54. The Morgan fingerprint density at radius 3 is 2.70 bits per heavy atom. The zero-order valence-electron chi connectivity index (χ0n) is 12.1. The summed E-state index contributed by atoms with van der Waals surface area (Å²) in [7, 11) is 0. The summed E-state index contributed by atoms with van der Waals surface area (Å²) < 4.78 is 27.1. The molecule has 0 heterocycles. The van der Waals surface area contributed by atoms with Crippen molar-refractivity contribution in [3.05, 3.63) is 41.0 Å². The predicted molar refractivity (Wildman–Crippen MR) is 79.5 cm³/mol. The van der Waals surface area contributed by atoms with Crippen LogP contribution in [0.5, 0.6) is 0 Å². The molecule has 2 rings (SSSR count). The maximum Gasteiger partial charge on any atom is 0.166 e. The van der Waals surface area contributed by atoms with Gasteiger partial charge in [-0.1, -0.05) is 50.0 Å². The molecule has 1 fully saturated rings. The summed E-state index contributed by atoms with van der Waals surface area (Å²) in [4.78, 5) is 0. The topological polar surface area (TPSA) is 12.0 Å². The summed E-state index contributed by atoms with van der Waals surface area (Å²) >= 11 is 0. The van der Waals surface area contributed by atoms with Crippen molar-refractivity contribution in [2.75, 3.05) is 13.1 Å². The number of halogens is 2. The summed E-state index contributed by atoms with van der Waals surface area (Å²) in [5, 5.41) is 3.32. The third-order valence-electron chi connectivity index (χ3n) is 4.03. The van der Waals surface area contributed by atoms with Crippen molar-refractivity contribution in [3.63, 3.8) is 0 Å². The Kier molecular flexibility index (Phi) is 5.72. The Morgan fingerprint density at radius 2 is 2.00 bits per heavy atom. The fourth-order valence-electron chi connectivity index (χ4n) is 2.89. The maximum atomic E-state index is 13.8. The Hall–Kier alpha value is -1.22. The molecule has 1 nitrogen and oxygen atoms in total. The van der Waals surface area contributed by atoms with Gasteiger partial charge >= 0.3 is 0 Å². The summed E-state index contributed by atoms with van der Waals surface area (Å²) in [6.45, 7) is 3.70. The SMILES string of the molecule is CCNC/C(=C/c1cccc(F)c1F)C1CCCCC1. The fourth-order valence-corrected chi connectivity index (χ4v) is 2.89. The van der Waals surface area contributed by atoms with Gasteiger partial charge in [0.05, 0.1) is 0 Å². The molecule has 20 heavy (non-hydrogen) atoms. The molecule has 0 radical (unpaired) electrons. The van der Waals surface area contributed by atoms with E-state index in [0.717, 1.165) is 32.0 Å². The van der Waals surface area contributed by atoms with Crippen LogP contribution >= 0.6 is 0 Å². The van der Waals surface area contributed by atoms with Crippen LogP contribution in [0.2, 0.25) is 0 Å². The van der Waals surface area contributed by atoms with Crippen LogP contribution in [0, 0.1) is 17.6 Å². The van der Waals surface area contributed by atoms with Gasteiger partial charge in [0.15, 0.2) is 11.6 Å². The van der Waals surface area contributed by atoms with E-state index in [9.17, 15) is 8.78 Å². The van der Waals surface area contributed by atoms with E-state index in [0.29, 0.717) is 11.5 Å². The fraction of sp³-hybridized carbons (Fsp3) is 0.529. The first kappa shape index (κ1) is 15.2. The third kappa shape index (κ3) is 3.89. The first-order valence-electron chi connectivity index (χ1n) is 7.57. The zero-order chi connectivity index (χ0) is 14.4. The lowest BCUT2D eigenvalue weighted by atomic mass is 9.83. The van der Waals surface area contributed by atoms with E-state index in [2.05, 4.69) is 12.2 Å². The second-order valence-corrected chi connectivity index (χ2v) is 5.48. The van der Waals surface area contributed by atoms with E-state index in [1.54, 1.807) is 12.1 Å². The molecule has 1 saturated carbocycles. The maximum absolute atomic E-state index is 13.8. The molecule has 3 heteroatoms. The summed E-state index contributed by atoms with van der Waals surface area (Å²) in [5.41, 5.74) is 1.57. The first-order valence-corrected chi connectivity index (χ1v) is 7.57. The molecule has 1 aromatic rings. The Bertz CT molecular complexity index is 462. The van der Waals surface area contributed by atoms with E-state index in [4.69, 9.17) is 0 Å². The van der Waals surface area contributed by atoms with Gasteiger partial charge in [0, 0.05) is 12.1 Å². The molecule has 1 aliphatic carbocycles. The van der Waals surface area contributed by atoms with Crippen molar-refractivity contribution in [1.29, 1.82) is 0 Å². The first-order chi connectivity index (χ1) is 9.72. The highest BCUT2D eigenvalue weighted by Gasteiger charge is 2.18. The quantitative estimate of drug-likeness (QED) is 0.834. The molecule has 1 aromatic carbocycles. The van der Waals surface area contributed by atoms with E-state index >= 15 is 0 Å². The van der Waals surface area contributed by atoms with Crippen LogP contribution in [0.25, 0.3) is 6.08 Å². The molecule has 110 valence electrons. The molecular formula is C17H23F2N. The molecule has 1 aliphatic rings. The van der Waals surface area contributed by atoms with Crippen molar-refractivity contribution in [1.82, 2.24) is 5.32 Å². The van der Waals surface area contributed by atoms with Gasteiger partial charge < -0.3 is 5.32 Å². The molecule has 0 aromatic heterocycles. The smallest absolute Gasteiger partial charge is 0.166 e. The van der Waals surface area contributed by atoms with Gasteiger partial charge in [0.25, 0.3) is 0 Å². The van der Waals surface area contributed by atoms with Gasteiger partial charge in [0.2, 0.25) is 0 Å². The lowest BCUT2D eigenvalue weighted by molar-refractivity contribution is 0.397. The van der Waals surface area contributed by atoms with Gasteiger partial charge in [-0.25, -0.2) is 8.78 Å². The number of benzene rings is 1. The number of likely N-dealkylation sites (N-methyl/N-ethyl adjacent to an activating group) is 1. The molecular weight excluding hydrogens is 256 g/mol. The lowest BCUT2D eigenvalue weighted by Crippen LogP contribution is -2.22. The molecule has 0 unspecified atom stereocenters. The van der Waals surface area contributed by atoms with Gasteiger partial charge in [-0.3, -0.25) is 0 Å². The summed E-state index contributed by atoms with van der Waals surface area (Å²) in [5.74, 6) is -1.01. The minimum absolute atomic E-state index is 0.364. The summed E-state index contributed by atoms with van der Waals surface area (Å²) in [6, 6.07) is 4.38. The van der Waals surface area contributed by atoms with Gasteiger partial charge in [-0.05, 0) is 31.4 Å². The van der Waals surface area contributed by atoms with Crippen molar-refractivity contribution >= 4 is 6.08 Å². The van der Waals surface area contributed by atoms with Crippen LogP contribution in [0.4, 0.5) is 8.78 Å². The van der Waals surface area contributed by atoms with Crippen LogP contribution in [0.1, 0.15) is 44.6 Å². The van der Waals surface area contributed by atoms with E-state index < -0.39 is 11.6 Å². The van der Waals surface area contributed by atoms with Crippen LogP contribution in [-0.2, 0) is 0 Å². The normalized spacial score (nSPS) is 17.4. The predicted octanol–water partition coefficient (Wildman–Crippen LogP) is 4.54. The Labute approximate surface area is 120 Å². The molecule has 0 aliphatic heterocycles. The van der Waals surface area contributed by atoms with E-state index in [1.807, 2.05) is 6.08 Å².